The second kappa shape index (κ2) is 21.0. The van der Waals surface area contributed by atoms with Crippen molar-refractivity contribution in [3.8, 4) is 11.5 Å². The smallest absolute Gasteiger partial charge is 0.217 e. The first-order valence-electron chi connectivity index (χ1n) is 20.2. The van der Waals surface area contributed by atoms with E-state index in [1.165, 1.54) is 63.0 Å². The fourth-order valence-electron chi connectivity index (χ4n) is 8.61. The van der Waals surface area contributed by atoms with Crippen LogP contribution in [-0.4, -0.2) is 111 Å². The number of amides is 1. The molecule has 0 bridgehead atoms. The molecule has 0 aromatic heterocycles. The molecule has 2 aromatic carbocycles. The summed E-state index contributed by atoms with van der Waals surface area (Å²) in [5.74, 6) is 2.12. The number of carbonyl (C=O) groups excluding carboxylic acids is 1. The van der Waals surface area contributed by atoms with Crippen LogP contribution in [0.2, 0.25) is 0 Å². The number of piperazine rings is 2. The molecule has 2 saturated carbocycles. The molecule has 0 spiro atoms. The molecule has 6 rings (SSSR count). The normalized spacial score (nSPS) is 24.5. The van der Waals surface area contributed by atoms with Crippen LogP contribution in [0, 0.1) is 0 Å². The van der Waals surface area contributed by atoms with Crippen LogP contribution in [0.1, 0.15) is 100 Å². The van der Waals surface area contributed by atoms with Crippen LogP contribution in [0.15, 0.2) is 48.5 Å². The number of carbonyl (C=O) groups is 1. The van der Waals surface area contributed by atoms with E-state index < -0.39 is 0 Å². The minimum Gasteiger partial charge on any atom is -0.489 e. The lowest BCUT2D eigenvalue weighted by Gasteiger charge is -2.43. The molecule has 4 fully saturated rings. The van der Waals surface area contributed by atoms with Gasteiger partial charge in [-0.15, -0.1) is 0 Å². The van der Waals surface area contributed by atoms with E-state index in [-0.39, 0.29) is 25.5 Å². The minimum atomic E-state index is 0. The molecule has 1 amide bonds. The molecule has 4 aliphatic rings. The largest absolute Gasteiger partial charge is 0.489 e. The number of hydrogen-bond acceptors (Lipinski definition) is 8. The molecular formula is C43H72N6O3. The summed E-state index contributed by atoms with van der Waals surface area (Å²) >= 11 is 0. The maximum atomic E-state index is 11.2. The Balaban J connectivity index is 0.000000228. The molecule has 2 saturated heterocycles. The lowest BCUT2D eigenvalue weighted by Crippen LogP contribution is -2.52. The average Bonchev–Trinajstić information content (AvgIpc) is 3.13. The molecule has 2 aromatic rings. The van der Waals surface area contributed by atoms with Crippen LogP contribution in [-0.2, 0) is 4.79 Å². The lowest BCUT2D eigenvalue weighted by atomic mass is 9.89. The van der Waals surface area contributed by atoms with Gasteiger partial charge in [0.05, 0.1) is 23.6 Å². The van der Waals surface area contributed by atoms with Crippen molar-refractivity contribution in [1.82, 2.24) is 20.4 Å². The molecule has 9 heteroatoms. The van der Waals surface area contributed by atoms with E-state index >= 15 is 0 Å². The minimum absolute atomic E-state index is 0. The van der Waals surface area contributed by atoms with Gasteiger partial charge in [0.2, 0.25) is 5.91 Å². The van der Waals surface area contributed by atoms with Gasteiger partial charge >= 0.3 is 0 Å². The Morgan fingerprint density at radius 3 is 1.38 bits per heavy atom. The average molecular weight is 721 g/mol. The van der Waals surface area contributed by atoms with Gasteiger partial charge in [0.25, 0.3) is 0 Å². The molecule has 0 unspecified atom stereocenters. The highest BCUT2D eigenvalue weighted by atomic mass is 16.5. The summed E-state index contributed by atoms with van der Waals surface area (Å²) in [6.45, 7) is 22.1. The van der Waals surface area contributed by atoms with Crippen molar-refractivity contribution in [2.75, 3.05) is 68.7 Å². The fraction of sp³-hybridized carbons (Fsp3) is 0.698. The highest BCUT2D eigenvalue weighted by Crippen LogP contribution is 2.33. The van der Waals surface area contributed by atoms with Gasteiger partial charge in [0.1, 0.15) is 11.5 Å². The zero-order chi connectivity index (χ0) is 36.2. The van der Waals surface area contributed by atoms with Gasteiger partial charge in [0.15, 0.2) is 0 Å². The van der Waals surface area contributed by atoms with E-state index in [1.807, 2.05) is 6.07 Å². The van der Waals surface area contributed by atoms with Crippen molar-refractivity contribution < 1.29 is 14.3 Å². The van der Waals surface area contributed by atoms with Crippen molar-refractivity contribution in [3.63, 3.8) is 0 Å². The second-order valence-corrected chi connectivity index (χ2v) is 15.6. The Kier molecular flexibility index (Phi) is 16.9. The number of hydrogen-bond donors (Lipinski definition) is 2. The molecule has 292 valence electrons. The van der Waals surface area contributed by atoms with Gasteiger partial charge in [-0.25, -0.2) is 0 Å². The molecule has 2 heterocycles. The summed E-state index contributed by atoms with van der Waals surface area (Å²) in [5, 5.41) is 6.69. The summed E-state index contributed by atoms with van der Waals surface area (Å²) in [5.41, 5.74) is 2.47. The molecule has 2 aliphatic heterocycles. The van der Waals surface area contributed by atoms with Crippen LogP contribution in [0.25, 0.3) is 0 Å². The van der Waals surface area contributed by atoms with Gasteiger partial charge in [0, 0.05) is 83.4 Å². The number of para-hydroxylation sites is 4. The van der Waals surface area contributed by atoms with E-state index in [9.17, 15) is 4.79 Å². The van der Waals surface area contributed by atoms with Crippen molar-refractivity contribution >= 4 is 17.3 Å². The summed E-state index contributed by atoms with van der Waals surface area (Å²) in [6.07, 6.45) is 10.4. The van der Waals surface area contributed by atoms with E-state index in [1.54, 1.807) is 6.92 Å². The molecule has 9 nitrogen and oxygen atoms in total. The standard InChI is InChI=1S/C21H33N3O2.C21H35N3O.CH4/c1-16(2)26-21-7-5-4-6-20(21)24-14-12-23(13-15-24)19-10-8-18(9-11-19)22-17(3)25;1-4-22-18-9-11-19(12-10-18)23-13-15-24(16-14-23)20-7-5-6-8-21(20)25-17(2)3;/h4-7,16,18-19H,8-15H2,1-3H3,(H,22,25);5-8,17-19,22H,4,9-16H2,1-3H3;1H4. The van der Waals surface area contributed by atoms with Gasteiger partial charge in [-0.2, -0.15) is 0 Å². The third-order valence-corrected chi connectivity index (χ3v) is 11.1. The first kappa shape index (κ1) is 41.7. The Bertz CT molecular complexity index is 1310. The highest BCUT2D eigenvalue weighted by molar-refractivity contribution is 5.73. The first-order chi connectivity index (χ1) is 24.7. The lowest BCUT2D eigenvalue weighted by molar-refractivity contribution is -0.119. The van der Waals surface area contributed by atoms with Crippen LogP contribution >= 0.6 is 0 Å². The van der Waals surface area contributed by atoms with Crippen molar-refractivity contribution in [2.45, 2.75) is 137 Å². The number of rotatable bonds is 11. The second-order valence-electron chi connectivity index (χ2n) is 15.6. The Morgan fingerprint density at radius 2 is 1.02 bits per heavy atom. The van der Waals surface area contributed by atoms with E-state index in [0.717, 1.165) is 82.2 Å². The number of benzene rings is 2. The monoisotopic (exact) mass is 721 g/mol. The molecule has 0 radical (unpaired) electrons. The summed E-state index contributed by atoms with van der Waals surface area (Å²) in [7, 11) is 0. The van der Waals surface area contributed by atoms with E-state index in [0.29, 0.717) is 12.1 Å². The quantitative estimate of drug-likeness (QED) is 0.253. The summed E-state index contributed by atoms with van der Waals surface area (Å²) in [6, 6.07) is 19.5. The van der Waals surface area contributed by atoms with Gasteiger partial charge < -0.3 is 29.9 Å². The first-order valence-corrected chi connectivity index (χ1v) is 20.2. The molecule has 52 heavy (non-hydrogen) atoms. The molecule has 0 atom stereocenters. The van der Waals surface area contributed by atoms with Gasteiger partial charge in [-0.3, -0.25) is 14.6 Å². The fourth-order valence-corrected chi connectivity index (χ4v) is 8.61. The topological polar surface area (TPSA) is 72.6 Å². The Labute approximate surface area is 316 Å². The van der Waals surface area contributed by atoms with Crippen LogP contribution in [0.5, 0.6) is 11.5 Å². The zero-order valence-corrected chi connectivity index (χ0v) is 32.6. The van der Waals surface area contributed by atoms with Crippen LogP contribution in [0.4, 0.5) is 11.4 Å². The number of ether oxygens (including phenoxy) is 2. The predicted molar refractivity (Wildman–Crippen MR) is 218 cm³/mol. The number of nitrogens with one attached hydrogen (secondary N) is 2. The Hall–Kier alpha value is -3.01. The summed E-state index contributed by atoms with van der Waals surface area (Å²) in [4.78, 5) is 21.5. The van der Waals surface area contributed by atoms with Gasteiger partial charge in [-0.05, 0) is 110 Å². The van der Waals surface area contributed by atoms with E-state index in [2.05, 4.69) is 107 Å². The van der Waals surface area contributed by atoms with Gasteiger partial charge in [-0.1, -0.05) is 38.6 Å². The van der Waals surface area contributed by atoms with Crippen molar-refractivity contribution in [2.24, 2.45) is 0 Å². The zero-order valence-electron chi connectivity index (χ0n) is 32.6. The van der Waals surface area contributed by atoms with E-state index in [4.69, 9.17) is 9.47 Å². The maximum Gasteiger partial charge on any atom is 0.217 e. The predicted octanol–water partition coefficient (Wildman–Crippen LogP) is 7.20. The van der Waals surface area contributed by atoms with Crippen LogP contribution < -0.4 is 29.9 Å². The van der Waals surface area contributed by atoms with Crippen LogP contribution in [0.3, 0.4) is 0 Å². The SMILES string of the molecule is C.CC(=O)NC1CCC(N2CCN(c3ccccc3OC(C)C)CC2)CC1.CCNC1CCC(N2CCN(c3ccccc3OC(C)C)CC2)CC1. The number of nitrogens with zero attached hydrogens (tertiary/aromatic N) is 4. The third-order valence-electron chi connectivity index (χ3n) is 11.1. The molecule has 2 N–H and O–H groups in total. The molecule has 2 aliphatic carbocycles. The van der Waals surface area contributed by atoms with Crippen molar-refractivity contribution in [1.29, 1.82) is 0 Å². The van der Waals surface area contributed by atoms with Crippen molar-refractivity contribution in [3.05, 3.63) is 48.5 Å². The Morgan fingerprint density at radius 1 is 0.635 bits per heavy atom. The third kappa shape index (κ3) is 12.3. The highest BCUT2D eigenvalue weighted by Gasteiger charge is 2.30. The molecular weight excluding hydrogens is 649 g/mol. The number of anilines is 2. The summed E-state index contributed by atoms with van der Waals surface area (Å²) < 4.78 is 12.0. The maximum absolute atomic E-state index is 11.2.